The number of hydrogen-bond donors (Lipinski definition) is 0. The summed E-state index contributed by atoms with van der Waals surface area (Å²) in [7, 11) is 1.62. The van der Waals surface area contributed by atoms with Crippen LogP contribution >= 0.6 is 0 Å². The smallest absolute Gasteiger partial charge is 0.261 e. The quantitative estimate of drug-likeness (QED) is 0.555. The fraction of sp³-hybridized carbons (Fsp3) is 0.400. The first kappa shape index (κ1) is 21.2. The molecule has 1 atom stereocenters. The molecule has 0 radical (unpaired) electrons. The Morgan fingerprint density at radius 3 is 2.55 bits per heavy atom. The number of benzene rings is 2. The molecule has 0 N–H and O–H groups in total. The monoisotopic (exact) mass is 419 g/mol. The molecule has 162 valence electrons. The van der Waals surface area contributed by atoms with Gasteiger partial charge in [0.2, 0.25) is 5.91 Å². The number of amides is 1. The van der Waals surface area contributed by atoms with Gasteiger partial charge in [-0.2, -0.15) is 0 Å². The summed E-state index contributed by atoms with van der Waals surface area (Å²) in [5.74, 6) is 0.804. The highest BCUT2D eigenvalue weighted by molar-refractivity contribution is 5.80. The third kappa shape index (κ3) is 4.39. The average molecular weight is 420 g/mol. The van der Waals surface area contributed by atoms with E-state index >= 15 is 0 Å². The number of rotatable bonds is 8. The van der Waals surface area contributed by atoms with E-state index in [0.717, 1.165) is 24.8 Å². The van der Waals surface area contributed by atoms with Gasteiger partial charge < -0.3 is 9.64 Å². The predicted molar refractivity (Wildman–Crippen MR) is 121 cm³/mol. The molecule has 1 aliphatic carbocycles. The van der Waals surface area contributed by atoms with Gasteiger partial charge >= 0.3 is 0 Å². The van der Waals surface area contributed by atoms with Crippen molar-refractivity contribution in [1.29, 1.82) is 0 Å². The van der Waals surface area contributed by atoms with E-state index in [-0.39, 0.29) is 23.4 Å². The fourth-order valence-electron chi connectivity index (χ4n) is 4.12. The van der Waals surface area contributed by atoms with Gasteiger partial charge in [0.05, 0.1) is 30.1 Å². The van der Waals surface area contributed by atoms with Crippen molar-refractivity contribution in [3.8, 4) is 0 Å². The largest absolute Gasteiger partial charge is 0.383 e. The Labute approximate surface area is 182 Å². The Kier molecular flexibility index (Phi) is 6.47. The molecule has 1 fully saturated rings. The third-order valence-corrected chi connectivity index (χ3v) is 6.18. The Hall–Kier alpha value is -2.99. The molecule has 1 aromatic heterocycles. The van der Waals surface area contributed by atoms with Crippen molar-refractivity contribution >= 4 is 16.8 Å². The van der Waals surface area contributed by atoms with Crippen molar-refractivity contribution in [3.63, 3.8) is 0 Å². The predicted octanol–water partition coefficient (Wildman–Crippen LogP) is 3.93. The van der Waals surface area contributed by atoms with E-state index < -0.39 is 0 Å². The highest BCUT2D eigenvalue weighted by atomic mass is 16.5. The number of carbonyl (C=O) groups excluding carboxylic acids is 1. The second-order valence-electron chi connectivity index (χ2n) is 8.19. The van der Waals surface area contributed by atoms with Crippen molar-refractivity contribution in [2.24, 2.45) is 5.92 Å². The van der Waals surface area contributed by atoms with Gasteiger partial charge in [0.15, 0.2) is 0 Å². The first-order valence-electron chi connectivity index (χ1n) is 10.9. The topological polar surface area (TPSA) is 64.4 Å². The number of nitrogens with zero attached hydrogens (tertiary/aromatic N) is 3. The highest BCUT2D eigenvalue weighted by Crippen LogP contribution is 2.32. The number of carbonyl (C=O) groups is 1. The lowest BCUT2D eigenvalue weighted by Crippen LogP contribution is -2.42. The molecular weight excluding hydrogens is 390 g/mol. The van der Waals surface area contributed by atoms with Crippen molar-refractivity contribution in [1.82, 2.24) is 14.5 Å². The van der Waals surface area contributed by atoms with Crippen LogP contribution in [0.3, 0.4) is 0 Å². The van der Waals surface area contributed by atoms with Crippen LogP contribution in [-0.2, 0) is 22.6 Å². The summed E-state index contributed by atoms with van der Waals surface area (Å²) in [6.45, 7) is 3.25. The number of para-hydroxylation sites is 1. The molecule has 1 unspecified atom stereocenters. The van der Waals surface area contributed by atoms with Gasteiger partial charge in [-0.05, 0) is 37.5 Å². The number of ether oxygens (including phenoxy) is 1. The van der Waals surface area contributed by atoms with Gasteiger partial charge in [-0.15, -0.1) is 0 Å². The summed E-state index contributed by atoms with van der Waals surface area (Å²) in [6, 6.07) is 17.0. The minimum absolute atomic E-state index is 0.0609. The molecule has 0 bridgehead atoms. The maximum atomic E-state index is 13.4. The second kappa shape index (κ2) is 9.43. The Balaban J connectivity index is 1.78. The summed E-state index contributed by atoms with van der Waals surface area (Å²) in [5, 5.41) is 0.578. The van der Waals surface area contributed by atoms with E-state index in [4.69, 9.17) is 9.72 Å². The van der Waals surface area contributed by atoms with Gasteiger partial charge in [-0.3, -0.25) is 14.2 Å². The van der Waals surface area contributed by atoms with E-state index in [1.54, 1.807) is 17.7 Å². The van der Waals surface area contributed by atoms with Crippen LogP contribution in [0, 0.1) is 5.92 Å². The van der Waals surface area contributed by atoms with E-state index in [9.17, 15) is 9.59 Å². The molecule has 0 aliphatic heterocycles. The SMILES string of the molecule is COCCn1c(C(C)N(Cc2ccccc2)C(=O)C2CCC2)nc2ccccc2c1=O. The number of hydrogen-bond acceptors (Lipinski definition) is 4. The van der Waals surface area contributed by atoms with E-state index in [1.807, 2.05) is 60.4 Å². The van der Waals surface area contributed by atoms with Gasteiger partial charge in [0, 0.05) is 19.6 Å². The molecule has 1 amide bonds. The summed E-state index contributed by atoms with van der Waals surface area (Å²) in [4.78, 5) is 33.4. The summed E-state index contributed by atoms with van der Waals surface area (Å²) >= 11 is 0. The van der Waals surface area contributed by atoms with Crippen molar-refractivity contribution in [2.45, 2.75) is 45.3 Å². The molecule has 0 saturated heterocycles. The fourth-order valence-corrected chi connectivity index (χ4v) is 4.12. The molecule has 2 aromatic carbocycles. The summed E-state index contributed by atoms with van der Waals surface area (Å²) in [6.07, 6.45) is 2.95. The number of methoxy groups -OCH3 is 1. The van der Waals surface area contributed by atoms with Gasteiger partial charge in [-0.1, -0.05) is 48.9 Å². The number of aromatic nitrogens is 2. The molecule has 6 nitrogen and oxygen atoms in total. The zero-order chi connectivity index (χ0) is 21.8. The van der Waals surface area contributed by atoms with Crippen LogP contribution in [0.2, 0.25) is 0 Å². The standard InChI is InChI=1S/C25H29N3O3/c1-18(28(24(29)20-11-8-12-20)17-19-9-4-3-5-10-19)23-26-22-14-7-6-13-21(22)25(30)27(23)15-16-31-2/h3-7,9-10,13-14,18,20H,8,11-12,15-17H2,1-2H3. The van der Waals surface area contributed by atoms with Gasteiger partial charge in [0.25, 0.3) is 5.56 Å². The molecule has 1 saturated carbocycles. The third-order valence-electron chi connectivity index (χ3n) is 6.18. The van der Waals surface area contributed by atoms with Crippen molar-refractivity contribution < 1.29 is 9.53 Å². The van der Waals surface area contributed by atoms with E-state index in [2.05, 4.69) is 0 Å². The van der Waals surface area contributed by atoms with Crippen LogP contribution in [0.25, 0.3) is 10.9 Å². The van der Waals surface area contributed by atoms with Crippen LogP contribution in [0.1, 0.15) is 43.6 Å². The molecular formula is C25H29N3O3. The molecule has 31 heavy (non-hydrogen) atoms. The van der Waals surface area contributed by atoms with Crippen LogP contribution in [0.15, 0.2) is 59.4 Å². The lowest BCUT2D eigenvalue weighted by atomic mass is 9.84. The molecule has 3 aromatic rings. The highest BCUT2D eigenvalue weighted by Gasteiger charge is 2.34. The minimum Gasteiger partial charge on any atom is -0.383 e. The lowest BCUT2D eigenvalue weighted by molar-refractivity contribution is -0.141. The van der Waals surface area contributed by atoms with Crippen LogP contribution in [0.4, 0.5) is 0 Å². The molecule has 0 spiro atoms. The Morgan fingerprint density at radius 1 is 1.16 bits per heavy atom. The van der Waals surface area contributed by atoms with E-state index in [0.29, 0.717) is 36.4 Å². The molecule has 4 rings (SSSR count). The first-order valence-corrected chi connectivity index (χ1v) is 10.9. The van der Waals surface area contributed by atoms with Crippen LogP contribution in [-0.4, -0.2) is 34.1 Å². The molecule has 6 heteroatoms. The normalized spacial score (nSPS) is 14.9. The Bertz CT molecular complexity index is 1110. The van der Waals surface area contributed by atoms with Gasteiger partial charge in [-0.25, -0.2) is 4.98 Å². The first-order chi connectivity index (χ1) is 15.1. The zero-order valence-electron chi connectivity index (χ0n) is 18.2. The zero-order valence-corrected chi connectivity index (χ0v) is 18.2. The minimum atomic E-state index is -0.345. The molecule has 1 heterocycles. The molecule has 1 aliphatic rings. The second-order valence-corrected chi connectivity index (χ2v) is 8.19. The van der Waals surface area contributed by atoms with Crippen molar-refractivity contribution in [3.05, 3.63) is 76.3 Å². The van der Waals surface area contributed by atoms with Gasteiger partial charge in [0.1, 0.15) is 5.82 Å². The maximum absolute atomic E-state index is 13.4. The van der Waals surface area contributed by atoms with E-state index in [1.165, 1.54) is 0 Å². The van der Waals surface area contributed by atoms with Crippen LogP contribution in [0.5, 0.6) is 0 Å². The summed E-state index contributed by atoms with van der Waals surface area (Å²) < 4.78 is 6.92. The Morgan fingerprint density at radius 2 is 1.87 bits per heavy atom. The maximum Gasteiger partial charge on any atom is 0.261 e. The lowest BCUT2D eigenvalue weighted by Gasteiger charge is -2.36. The summed E-state index contributed by atoms with van der Waals surface area (Å²) in [5.41, 5.74) is 1.62. The average Bonchev–Trinajstić information content (AvgIpc) is 2.76. The van der Waals surface area contributed by atoms with Crippen LogP contribution < -0.4 is 5.56 Å². The number of fused-ring (bicyclic) bond motifs is 1. The van der Waals surface area contributed by atoms with Crippen molar-refractivity contribution in [2.75, 3.05) is 13.7 Å².